The van der Waals surface area contributed by atoms with Crippen molar-refractivity contribution in [3.63, 3.8) is 0 Å². The SMILES string of the molecule is CC(=O)c1nnn(C)c1Oc1ccc(-c2ccc(C(C)C)cc2)cc1. The smallest absolute Gasteiger partial charge is 0.249 e. The molecule has 1 aromatic heterocycles. The van der Waals surface area contributed by atoms with Crippen molar-refractivity contribution in [2.24, 2.45) is 7.05 Å². The number of carbonyl (C=O) groups is 1. The number of nitrogens with zero attached hydrogens (tertiary/aromatic N) is 3. The average molecular weight is 335 g/mol. The Hall–Kier alpha value is -2.95. The third-order valence-corrected chi connectivity index (χ3v) is 4.09. The van der Waals surface area contributed by atoms with Gasteiger partial charge in [0.2, 0.25) is 5.88 Å². The zero-order valence-corrected chi connectivity index (χ0v) is 14.9. The number of ketones is 1. The molecular formula is C20H21N3O2. The Morgan fingerprint density at radius 3 is 2.08 bits per heavy atom. The number of aryl methyl sites for hydroxylation is 1. The van der Waals surface area contributed by atoms with Crippen molar-refractivity contribution in [1.29, 1.82) is 0 Å². The maximum absolute atomic E-state index is 11.6. The molecule has 0 radical (unpaired) electrons. The summed E-state index contributed by atoms with van der Waals surface area (Å²) in [7, 11) is 1.69. The second-order valence-electron chi connectivity index (χ2n) is 6.33. The lowest BCUT2D eigenvalue weighted by Gasteiger charge is -2.09. The molecule has 1 heterocycles. The highest BCUT2D eigenvalue weighted by molar-refractivity contribution is 5.94. The van der Waals surface area contributed by atoms with Crippen LogP contribution < -0.4 is 4.74 Å². The van der Waals surface area contributed by atoms with Gasteiger partial charge in [-0.3, -0.25) is 4.79 Å². The Morgan fingerprint density at radius 2 is 1.56 bits per heavy atom. The van der Waals surface area contributed by atoms with Crippen LogP contribution in [-0.2, 0) is 7.05 Å². The average Bonchev–Trinajstić information content (AvgIpc) is 2.97. The fraction of sp³-hybridized carbons (Fsp3) is 0.250. The summed E-state index contributed by atoms with van der Waals surface area (Å²) in [5.41, 5.74) is 3.82. The van der Waals surface area contributed by atoms with Crippen molar-refractivity contribution >= 4 is 5.78 Å². The molecule has 25 heavy (non-hydrogen) atoms. The van der Waals surface area contributed by atoms with Gasteiger partial charge in [0.1, 0.15) is 5.75 Å². The first kappa shape index (κ1) is 16.9. The first-order valence-corrected chi connectivity index (χ1v) is 8.24. The van der Waals surface area contributed by atoms with Crippen LogP contribution in [0.2, 0.25) is 0 Å². The maximum Gasteiger partial charge on any atom is 0.249 e. The van der Waals surface area contributed by atoms with Crippen LogP contribution in [0, 0.1) is 0 Å². The summed E-state index contributed by atoms with van der Waals surface area (Å²) in [5.74, 6) is 1.33. The summed E-state index contributed by atoms with van der Waals surface area (Å²) in [5, 5.41) is 7.68. The van der Waals surface area contributed by atoms with Gasteiger partial charge < -0.3 is 4.74 Å². The van der Waals surface area contributed by atoms with Gasteiger partial charge in [-0.2, -0.15) is 0 Å². The number of ether oxygens (including phenoxy) is 1. The van der Waals surface area contributed by atoms with E-state index < -0.39 is 0 Å². The van der Waals surface area contributed by atoms with Crippen LogP contribution in [0.5, 0.6) is 11.6 Å². The van der Waals surface area contributed by atoms with Crippen molar-refractivity contribution in [3.05, 3.63) is 59.8 Å². The van der Waals surface area contributed by atoms with Crippen LogP contribution in [0.3, 0.4) is 0 Å². The van der Waals surface area contributed by atoms with Gasteiger partial charge in [0.15, 0.2) is 11.5 Å². The number of rotatable bonds is 5. The predicted molar refractivity (Wildman–Crippen MR) is 97.0 cm³/mol. The molecular weight excluding hydrogens is 314 g/mol. The van der Waals surface area contributed by atoms with E-state index in [9.17, 15) is 4.79 Å². The van der Waals surface area contributed by atoms with E-state index in [1.54, 1.807) is 7.05 Å². The highest BCUT2D eigenvalue weighted by Crippen LogP contribution is 2.28. The fourth-order valence-corrected chi connectivity index (χ4v) is 2.57. The molecule has 0 saturated heterocycles. The summed E-state index contributed by atoms with van der Waals surface area (Å²) in [4.78, 5) is 11.6. The molecule has 5 nitrogen and oxygen atoms in total. The molecule has 0 N–H and O–H groups in total. The first-order valence-electron chi connectivity index (χ1n) is 8.24. The number of hydrogen-bond donors (Lipinski definition) is 0. The summed E-state index contributed by atoms with van der Waals surface area (Å²) in [6.07, 6.45) is 0. The van der Waals surface area contributed by atoms with Crippen molar-refractivity contribution in [3.8, 4) is 22.8 Å². The minimum Gasteiger partial charge on any atom is -0.437 e. The molecule has 2 aromatic carbocycles. The molecule has 5 heteroatoms. The molecule has 0 spiro atoms. The summed E-state index contributed by atoms with van der Waals surface area (Å²) >= 11 is 0. The number of carbonyl (C=O) groups excluding carboxylic acids is 1. The Morgan fingerprint density at radius 1 is 1.00 bits per heavy atom. The quantitative estimate of drug-likeness (QED) is 0.639. The highest BCUT2D eigenvalue weighted by Gasteiger charge is 2.17. The first-order chi connectivity index (χ1) is 12.0. The van der Waals surface area contributed by atoms with E-state index in [1.807, 2.05) is 24.3 Å². The normalized spacial score (nSPS) is 10.9. The molecule has 0 atom stereocenters. The lowest BCUT2D eigenvalue weighted by molar-refractivity contribution is 0.101. The Balaban J connectivity index is 1.81. The van der Waals surface area contributed by atoms with E-state index in [0.717, 1.165) is 11.1 Å². The number of benzene rings is 2. The van der Waals surface area contributed by atoms with Gasteiger partial charge in [-0.25, -0.2) is 4.68 Å². The molecule has 0 aliphatic heterocycles. The minimum atomic E-state index is -0.176. The van der Waals surface area contributed by atoms with Gasteiger partial charge in [-0.05, 0) is 34.7 Å². The monoisotopic (exact) mass is 335 g/mol. The van der Waals surface area contributed by atoms with Gasteiger partial charge in [0.25, 0.3) is 0 Å². The highest BCUT2D eigenvalue weighted by atomic mass is 16.5. The molecule has 0 fully saturated rings. The van der Waals surface area contributed by atoms with E-state index in [1.165, 1.54) is 17.2 Å². The number of Topliss-reactive ketones (excluding diaryl/α,β-unsaturated/α-hetero) is 1. The van der Waals surface area contributed by atoms with Crippen LogP contribution in [0.15, 0.2) is 48.5 Å². The molecule has 0 unspecified atom stereocenters. The Bertz CT molecular complexity index is 878. The van der Waals surface area contributed by atoms with Gasteiger partial charge in [0.05, 0.1) is 0 Å². The fourth-order valence-electron chi connectivity index (χ4n) is 2.57. The standard InChI is InChI=1S/C20H21N3O2/c1-13(2)15-5-7-16(8-6-15)17-9-11-18(12-10-17)25-20-19(14(3)24)21-22-23(20)4/h5-13H,1-4H3. The zero-order chi connectivity index (χ0) is 18.0. The second kappa shape index (κ2) is 6.89. The van der Waals surface area contributed by atoms with E-state index in [-0.39, 0.29) is 11.5 Å². The Labute approximate surface area is 147 Å². The van der Waals surface area contributed by atoms with Gasteiger partial charge in [-0.15, -0.1) is 5.10 Å². The largest absolute Gasteiger partial charge is 0.437 e. The van der Waals surface area contributed by atoms with Crippen molar-refractivity contribution in [2.75, 3.05) is 0 Å². The molecule has 3 rings (SSSR count). The van der Waals surface area contributed by atoms with Gasteiger partial charge >= 0.3 is 0 Å². The Kier molecular flexibility index (Phi) is 4.65. The summed E-state index contributed by atoms with van der Waals surface area (Å²) in [6.45, 7) is 5.81. The van der Waals surface area contributed by atoms with Crippen LogP contribution in [0.25, 0.3) is 11.1 Å². The van der Waals surface area contributed by atoms with Crippen LogP contribution in [0.1, 0.15) is 42.7 Å². The lowest BCUT2D eigenvalue weighted by atomic mass is 9.99. The maximum atomic E-state index is 11.6. The van der Waals surface area contributed by atoms with Gasteiger partial charge in [0, 0.05) is 14.0 Å². The van der Waals surface area contributed by atoms with Crippen molar-refractivity contribution in [2.45, 2.75) is 26.7 Å². The molecule has 0 aliphatic rings. The third-order valence-electron chi connectivity index (χ3n) is 4.09. The van der Waals surface area contributed by atoms with Crippen LogP contribution >= 0.6 is 0 Å². The van der Waals surface area contributed by atoms with Crippen molar-refractivity contribution in [1.82, 2.24) is 15.0 Å². The van der Waals surface area contributed by atoms with Gasteiger partial charge in [-0.1, -0.05) is 55.5 Å². The van der Waals surface area contributed by atoms with E-state index in [2.05, 4.69) is 48.4 Å². The molecule has 0 saturated carbocycles. The minimum absolute atomic E-state index is 0.176. The van der Waals surface area contributed by atoms with Crippen LogP contribution in [-0.4, -0.2) is 20.8 Å². The van der Waals surface area contributed by atoms with Crippen LogP contribution in [0.4, 0.5) is 0 Å². The zero-order valence-electron chi connectivity index (χ0n) is 14.9. The molecule has 128 valence electrons. The number of hydrogen-bond acceptors (Lipinski definition) is 4. The van der Waals surface area contributed by atoms with E-state index in [4.69, 9.17) is 4.74 Å². The number of aromatic nitrogens is 3. The molecule has 3 aromatic rings. The molecule has 0 amide bonds. The molecule has 0 aliphatic carbocycles. The third kappa shape index (κ3) is 3.60. The summed E-state index contributed by atoms with van der Waals surface area (Å²) in [6, 6.07) is 16.3. The summed E-state index contributed by atoms with van der Waals surface area (Å²) < 4.78 is 7.25. The van der Waals surface area contributed by atoms with Crippen molar-refractivity contribution < 1.29 is 9.53 Å². The van der Waals surface area contributed by atoms with E-state index >= 15 is 0 Å². The molecule has 0 bridgehead atoms. The topological polar surface area (TPSA) is 57.0 Å². The second-order valence-corrected chi connectivity index (χ2v) is 6.33. The lowest BCUT2D eigenvalue weighted by Crippen LogP contribution is -1.99. The predicted octanol–water partition coefficient (Wildman–Crippen LogP) is 4.60. The van der Waals surface area contributed by atoms with E-state index in [0.29, 0.717) is 17.5 Å².